The van der Waals surface area contributed by atoms with E-state index in [0.29, 0.717) is 23.5 Å². The maximum absolute atomic E-state index is 12.0. The lowest BCUT2D eigenvalue weighted by molar-refractivity contribution is -0.136. The van der Waals surface area contributed by atoms with Crippen LogP contribution in [0, 0.1) is 6.92 Å². The Hall–Kier alpha value is -2.43. The van der Waals surface area contributed by atoms with Gasteiger partial charge < -0.3 is 10.1 Å². The van der Waals surface area contributed by atoms with Crippen molar-refractivity contribution in [1.29, 1.82) is 0 Å². The molecular weight excluding hydrogens is 256 g/mol. The second-order valence-electron chi connectivity index (χ2n) is 4.63. The molecule has 0 radical (unpaired) electrons. The summed E-state index contributed by atoms with van der Waals surface area (Å²) in [5.74, 6) is -0.324. The van der Waals surface area contributed by atoms with Crippen LogP contribution in [0.1, 0.15) is 29.1 Å². The van der Waals surface area contributed by atoms with E-state index in [4.69, 9.17) is 5.11 Å². The van der Waals surface area contributed by atoms with Crippen molar-refractivity contribution in [3.8, 4) is 0 Å². The lowest BCUT2D eigenvalue weighted by atomic mass is 10.1. The summed E-state index contributed by atoms with van der Waals surface area (Å²) in [5.41, 5.74) is 1.86. The molecule has 104 valence electrons. The number of rotatable bonds is 5. The molecule has 2 N–H and O–H groups in total. The van der Waals surface area contributed by atoms with Crippen LogP contribution in [0.5, 0.6) is 0 Å². The van der Waals surface area contributed by atoms with Gasteiger partial charge in [-0.25, -0.2) is 4.98 Å². The molecule has 0 aliphatic carbocycles. The van der Waals surface area contributed by atoms with Crippen molar-refractivity contribution in [3.63, 3.8) is 0 Å². The maximum Gasteiger partial charge on any atom is 0.303 e. The molecule has 2 rings (SSSR count). The van der Waals surface area contributed by atoms with Gasteiger partial charge in [-0.1, -0.05) is 30.3 Å². The first-order valence-electron chi connectivity index (χ1n) is 6.40. The van der Waals surface area contributed by atoms with Crippen molar-refractivity contribution >= 4 is 5.97 Å². The fourth-order valence-corrected chi connectivity index (χ4v) is 2.07. The predicted molar refractivity (Wildman–Crippen MR) is 74.8 cm³/mol. The number of carboxylic acid groups (broad SMARTS) is 1. The zero-order valence-electron chi connectivity index (χ0n) is 11.2. The van der Waals surface area contributed by atoms with Crippen molar-refractivity contribution in [1.82, 2.24) is 9.97 Å². The Labute approximate surface area is 116 Å². The summed E-state index contributed by atoms with van der Waals surface area (Å²) < 4.78 is 0. The van der Waals surface area contributed by atoms with E-state index in [1.165, 1.54) is 0 Å². The molecule has 2 aromatic rings. The van der Waals surface area contributed by atoms with Crippen LogP contribution in [0.25, 0.3) is 0 Å². The first-order chi connectivity index (χ1) is 9.56. The van der Waals surface area contributed by atoms with E-state index in [1.807, 2.05) is 30.3 Å². The van der Waals surface area contributed by atoms with Crippen molar-refractivity contribution in [2.75, 3.05) is 0 Å². The second kappa shape index (κ2) is 6.14. The van der Waals surface area contributed by atoms with E-state index < -0.39 is 5.97 Å². The van der Waals surface area contributed by atoms with E-state index in [2.05, 4.69) is 9.97 Å². The monoisotopic (exact) mass is 272 g/mol. The number of nitrogens with zero attached hydrogens (tertiary/aromatic N) is 1. The van der Waals surface area contributed by atoms with Crippen LogP contribution in [0.3, 0.4) is 0 Å². The summed E-state index contributed by atoms with van der Waals surface area (Å²) in [6.07, 6.45) is 0.689. The van der Waals surface area contributed by atoms with Crippen molar-refractivity contribution in [3.05, 3.63) is 63.3 Å². The molecule has 0 aliphatic heterocycles. The third-order valence-corrected chi connectivity index (χ3v) is 3.07. The maximum atomic E-state index is 12.0. The summed E-state index contributed by atoms with van der Waals surface area (Å²) in [4.78, 5) is 29.6. The zero-order chi connectivity index (χ0) is 14.5. The summed E-state index contributed by atoms with van der Waals surface area (Å²) in [6, 6.07) is 9.73. The Morgan fingerprint density at radius 2 is 2.00 bits per heavy atom. The lowest BCUT2D eigenvalue weighted by Crippen LogP contribution is -2.20. The third kappa shape index (κ3) is 3.54. The van der Waals surface area contributed by atoms with Crippen LogP contribution in [0.2, 0.25) is 0 Å². The molecule has 0 atom stereocenters. The standard InChI is InChI=1S/C15H16N2O3/c1-10-12(7-8-14(18)19)15(20)17-13(16-10)9-11-5-3-2-4-6-11/h2-6H,7-9H2,1H3,(H,18,19)(H,16,17,20). The van der Waals surface area contributed by atoms with E-state index in [0.717, 1.165) is 5.56 Å². The highest BCUT2D eigenvalue weighted by Gasteiger charge is 2.10. The molecule has 5 heteroatoms. The molecule has 20 heavy (non-hydrogen) atoms. The van der Waals surface area contributed by atoms with Crippen LogP contribution in [-0.2, 0) is 17.6 Å². The van der Waals surface area contributed by atoms with Gasteiger partial charge in [-0.15, -0.1) is 0 Å². The average molecular weight is 272 g/mol. The predicted octanol–water partition coefficient (Wildman–Crippen LogP) is 1.69. The number of carbonyl (C=O) groups is 1. The van der Waals surface area contributed by atoms with E-state index in [9.17, 15) is 9.59 Å². The van der Waals surface area contributed by atoms with Crippen molar-refractivity contribution in [2.24, 2.45) is 0 Å². The van der Waals surface area contributed by atoms with Crippen LogP contribution >= 0.6 is 0 Å². The highest BCUT2D eigenvalue weighted by Crippen LogP contribution is 2.07. The Bertz CT molecular complexity index is 663. The molecule has 0 saturated carbocycles. The van der Waals surface area contributed by atoms with Gasteiger partial charge in [0.15, 0.2) is 0 Å². The molecule has 0 amide bonds. The number of aromatic amines is 1. The summed E-state index contributed by atoms with van der Waals surface area (Å²) in [7, 11) is 0. The van der Waals surface area contributed by atoms with E-state index >= 15 is 0 Å². The molecule has 0 bridgehead atoms. The minimum atomic E-state index is -0.919. The van der Waals surface area contributed by atoms with Crippen LogP contribution in [-0.4, -0.2) is 21.0 Å². The Balaban J connectivity index is 2.22. The van der Waals surface area contributed by atoms with Crippen LogP contribution in [0.4, 0.5) is 0 Å². The smallest absolute Gasteiger partial charge is 0.303 e. The molecule has 0 spiro atoms. The Morgan fingerprint density at radius 1 is 1.30 bits per heavy atom. The number of aliphatic carboxylic acids is 1. The van der Waals surface area contributed by atoms with Crippen molar-refractivity contribution in [2.45, 2.75) is 26.2 Å². The molecule has 1 aromatic carbocycles. The Kier molecular flexibility index (Phi) is 4.30. The van der Waals surface area contributed by atoms with Crippen LogP contribution in [0.15, 0.2) is 35.1 Å². The molecule has 0 aliphatic rings. The fourth-order valence-electron chi connectivity index (χ4n) is 2.07. The van der Waals surface area contributed by atoms with Gasteiger partial charge in [0.2, 0.25) is 0 Å². The first-order valence-corrected chi connectivity index (χ1v) is 6.40. The largest absolute Gasteiger partial charge is 0.481 e. The Morgan fingerprint density at radius 3 is 2.60 bits per heavy atom. The van der Waals surface area contributed by atoms with Gasteiger partial charge in [0, 0.05) is 24.1 Å². The summed E-state index contributed by atoms with van der Waals surface area (Å²) >= 11 is 0. The molecule has 1 aromatic heterocycles. The zero-order valence-corrected chi connectivity index (χ0v) is 11.2. The summed E-state index contributed by atoms with van der Waals surface area (Å²) in [6.45, 7) is 1.74. The van der Waals surface area contributed by atoms with E-state index in [-0.39, 0.29) is 18.4 Å². The highest BCUT2D eigenvalue weighted by molar-refractivity contribution is 5.67. The van der Waals surface area contributed by atoms with Gasteiger partial charge in [-0.05, 0) is 18.9 Å². The molecule has 0 unspecified atom stereocenters. The number of aryl methyl sites for hydroxylation is 1. The number of nitrogens with one attached hydrogen (secondary N) is 1. The summed E-state index contributed by atoms with van der Waals surface area (Å²) in [5, 5.41) is 8.67. The number of aromatic nitrogens is 2. The molecule has 0 saturated heterocycles. The van der Waals surface area contributed by atoms with Crippen molar-refractivity contribution < 1.29 is 9.90 Å². The normalized spacial score (nSPS) is 10.4. The first kappa shape index (κ1) is 14.0. The minimum Gasteiger partial charge on any atom is -0.481 e. The topological polar surface area (TPSA) is 83.0 Å². The van der Waals surface area contributed by atoms with Gasteiger partial charge in [0.25, 0.3) is 5.56 Å². The van der Waals surface area contributed by atoms with Gasteiger partial charge in [0.05, 0.1) is 0 Å². The lowest BCUT2D eigenvalue weighted by Gasteiger charge is -2.06. The number of benzene rings is 1. The second-order valence-corrected chi connectivity index (χ2v) is 4.63. The highest BCUT2D eigenvalue weighted by atomic mass is 16.4. The number of hydrogen-bond donors (Lipinski definition) is 2. The fraction of sp³-hybridized carbons (Fsp3) is 0.267. The molecular formula is C15H16N2O3. The molecule has 5 nitrogen and oxygen atoms in total. The number of H-pyrrole nitrogens is 1. The average Bonchev–Trinajstić information content (AvgIpc) is 2.38. The van der Waals surface area contributed by atoms with Crippen LogP contribution < -0.4 is 5.56 Å². The molecule has 0 fully saturated rings. The van der Waals surface area contributed by atoms with Gasteiger partial charge in [0.1, 0.15) is 5.82 Å². The number of carboxylic acids is 1. The minimum absolute atomic E-state index is 0.0658. The molecule has 1 heterocycles. The third-order valence-electron chi connectivity index (χ3n) is 3.07. The van der Waals surface area contributed by atoms with E-state index in [1.54, 1.807) is 6.92 Å². The van der Waals surface area contributed by atoms with Gasteiger partial charge in [-0.3, -0.25) is 9.59 Å². The number of hydrogen-bond acceptors (Lipinski definition) is 3. The van der Waals surface area contributed by atoms with Gasteiger partial charge >= 0.3 is 5.97 Å². The van der Waals surface area contributed by atoms with Gasteiger partial charge in [-0.2, -0.15) is 0 Å². The SMILES string of the molecule is Cc1nc(Cc2ccccc2)[nH]c(=O)c1CCC(=O)O. The quantitative estimate of drug-likeness (QED) is 0.867.